The average molecular weight is 449 g/mol. The van der Waals surface area contributed by atoms with Gasteiger partial charge < -0.3 is 4.74 Å². The number of nitriles is 1. The van der Waals surface area contributed by atoms with E-state index in [4.69, 9.17) is 12.5 Å². The standard InChI is InChI=1S/C17H26IN2O4/c1-18-24-11-5-10-23-17(21)16(13-19)14-6-3-7-15(12-14)20-8-4-9-22-2/h12,20H,3-11H2,1-2H3/q-1/b16-14-. The molecule has 1 aliphatic carbocycles. The molecule has 0 aliphatic heterocycles. The predicted octanol–water partition coefficient (Wildman–Crippen LogP) is -0.916. The van der Waals surface area contributed by atoms with Crippen LogP contribution in [0.5, 0.6) is 0 Å². The molecule has 6 nitrogen and oxygen atoms in total. The molecule has 1 aliphatic rings. The van der Waals surface area contributed by atoms with Crippen LogP contribution in [-0.4, -0.2) is 44.4 Å². The number of nitrogens with zero attached hydrogens (tertiary/aromatic N) is 1. The minimum absolute atomic E-state index is 0.120. The van der Waals surface area contributed by atoms with E-state index >= 15 is 0 Å². The number of nitrogens with one attached hydrogen (secondary N) is 1. The van der Waals surface area contributed by atoms with Crippen molar-refractivity contribution in [1.29, 1.82) is 5.26 Å². The number of ether oxygens (including phenoxy) is 2. The molecule has 0 saturated carbocycles. The Kier molecular flexibility index (Phi) is 11.5. The fraction of sp³-hybridized carbons (Fsp3) is 0.647. The van der Waals surface area contributed by atoms with Crippen molar-refractivity contribution in [3.63, 3.8) is 0 Å². The van der Waals surface area contributed by atoms with Crippen molar-refractivity contribution in [1.82, 2.24) is 5.32 Å². The van der Waals surface area contributed by atoms with E-state index in [1.165, 1.54) is 0 Å². The Balaban J connectivity index is 2.58. The van der Waals surface area contributed by atoms with Gasteiger partial charge in [0.15, 0.2) is 0 Å². The summed E-state index contributed by atoms with van der Waals surface area (Å²) in [4.78, 5) is 14.1. The van der Waals surface area contributed by atoms with Gasteiger partial charge in [-0.1, -0.05) is 0 Å². The number of hydrogen-bond donors (Lipinski definition) is 1. The number of rotatable bonds is 11. The molecule has 0 atom stereocenters. The van der Waals surface area contributed by atoms with Crippen molar-refractivity contribution < 1.29 is 39.0 Å². The van der Waals surface area contributed by atoms with Crippen molar-refractivity contribution in [3.8, 4) is 6.07 Å². The second-order valence-corrected chi connectivity index (χ2v) is 6.77. The molecule has 1 N–H and O–H groups in total. The molecule has 0 radical (unpaired) electrons. The first-order chi connectivity index (χ1) is 11.7. The average Bonchev–Trinajstić information content (AvgIpc) is 2.60. The molecule has 0 spiro atoms. The monoisotopic (exact) mass is 449 g/mol. The van der Waals surface area contributed by atoms with Gasteiger partial charge >= 0.3 is 130 Å². The van der Waals surface area contributed by atoms with Gasteiger partial charge in [0.25, 0.3) is 0 Å². The summed E-state index contributed by atoms with van der Waals surface area (Å²) < 4.78 is 15.5. The first-order valence-electron chi connectivity index (χ1n) is 8.08. The number of halogens is 1. The van der Waals surface area contributed by atoms with Gasteiger partial charge in [-0.2, -0.15) is 0 Å². The fourth-order valence-corrected chi connectivity index (χ4v) is 3.05. The van der Waals surface area contributed by atoms with Gasteiger partial charge in [0, 0.05) is 13.7 Å². The van der Waals surface area contributed by atoms with Crippen LogP contribution in [0.2, 0.25) is 0 Å². The van der Waals surface area contributed by atoms with Gasteiger partial charge in [0.1, 0.15) is 0 Å². The quantitative estimate of drug-likeness (QED) is 0.110. The van der Waals surface area contributed by atoms with E-state index < -0.39 is 5.97 Å². The maximum absolute atomic E-state index is 12.1. The Morgan fingerprint density at radius 2 is 2.17 bits per heavy atom. The fourth-order valence-electron chi connectivity index (χ4n) is 2.30. The van der Waals surface area contributed by atoms with Crippen LogP contribution >= 0.6 is 0 Å². The first-order valence-corrected chi connectivity index (χ1v) is 11.1. The number of carbonyl (C=O) groups is 1. The number of allylic oxidation sites excluding steroid dienone is 3. The number of alkyl halides is 1. The van der Waals surface area contributed by atoms with E-state index in [0.717, 1.165) is 43.5 Å². The molecular formula is C17H26IN2O4-. The van der Waals surface area contributed by atoms with E-state index in [-0.39, 0.29) is 33.8 Å². The SMILES string of the molecule is COCCCNC1=C/C(=C(/C#N)C(=O)OCCCO[I-]C)CCC1. The molecule has 0 aromatic rings. The summed E-state index contributed by atoms with van der Waals surface area (Å²) in [6.07, 6.45) is 6.08. The molecule has 7 heteroatoms. The van der Waals surface area contributed by atoms with Crippen molar-refractivity contribution in [2.75, 3.05) is 38.4 Å². The van der Waals surface area contributed by atoms with Crippen LogP contribution in [0.4, 0.5) is 0 Å². The van der Waals surface area contributed by atoms with Crippen LogP contribution in [0.25, 0.3) is 0 Å². The number of carbonyl (C=O) groups excluding carboxylic acids is 1. The zero-order chi connectivity index (χ0) is 17.6. The third kappa shape index (κ3) is 8.13. The summed E-state index contributed by atoms with van der Waals surface area (Å²) in [5, 5.41) is 12.7. The van der Waals surface area contributed by atoms with Crippen molar-refractivity contribution in [3.05, 3.63) is 22.9 Å². The van der Waals surface area contributed by atoms with Gasteiger partial charge in [-0.25, -0.2) is 0 Å². The topological polar surface area (TPSA) is 80.6 Å². The molecular weight excluding hydrogens is 423 g/mol. The molecule has 0 heterocycles. The molecule has 136 valence electrons. The third-order valence-electron chi connectivity index (χ3n) is 3.46. The summed E-state index contributed by atoms with van der Waals surface area (Å²) in [6, 6.07) is 2.01. The van der Waals surface area contributed by atoms with E-state index in [9.17, 15) is 10.1 Å². The second-order valence-electron chi connectivity index (χ2n) is 5.27. The van der Waals surface area contributed by atoms with Crippen molar-refractivity contribution in [2.24, 2.45) is 0 Å². The third-order valence-corrected chi connectivity index (χ3v) is 4.53. The van der Waals surface area contributed by atoms with E-state index in [2.05, 4.69) is 5.32 Å². The second kappa shape index (κ2) is 13.2. The minimum atomic E-state index is -0.532. The number of esters is 1. The number of methoxy groups -OCH3 is 1. The first kappa shape index (κ1) is 20.9. The van der Waals surface area contributed by atoms with Gasteiger partial charge in [-0.05, 0) is 6.42 Å². The van der Waals surface area contributed by atoms with E-state index in [0.29, 0.717) is 19.6 Å². The molecule has 0 aromatic heterocycles. The molecule has 0 saturated heterocycles. The summed E-state index contributed by atoms with van der Waals surface area (Å²) >= 11 is -0.191. The Bertz CT molecular complexity index is 497. The molecule has 1 rings (SSSR count). The zero-order valence-corrected chi connectivity index (χ0v) is 16.6. The zero-order valence-electron chi connectivity index (χ0n) is 14.4. The van der Waals surface area contributed by atoms with Crippen molar-refractivity contribution in [2.45, 2.75) is 32.1 Å². The molecule has 24 heavy (non-hydrogen) atoms. The Labute approximate surface area is 155 Å². The Morgan fingerprint density at radius 1 is 1.33 bits per heavy atom. The van der Waals surface area contributed by atoms with Crippen molar-refractivity contribution >= 4 is 5.97 Å². The summed E-state index contributed by atoms with van der Waals surface area (Å²) in [5.41, 5.74) is 1.95. The van der Waals surface area contributed by atoms with E-state index in [1.807, 2.05) is 17.1 Å². The Morgan fingerprint density at radius 3 is 2.88 bits per heavy atom. The number of hydrogen-bond acceptors (Lipinski definition) is 6. The molecule has 0 fully saturated rings. The van der Waals surface area contributed by atoms with Gasteiger partial charge in [0.2, 0.25) is 0 Å². The van der Waals surface area contributed by atoms with Crippen LogP contribution in [-0.2, 0) is 17.3 Å². The summed E-state index contributed by atoms with van der Waals surface area (Å²) in [6.45, 7) is 2.42. The normalized spacial score (nSPS) is 16.3. The van der Waals surface area contributed by atoms with Gasteiger partial charge in [-0.3, -0.25) is 0 Å². The molecule has 0 aromatic carbocycles. The van der Waals surface area contributed by atoms with Crippen LogP contribution in [0.1, 0.15) is 32.1 Å². The molecule has 0 unspecified atom stereocenters. The molecule has 0 amide bonds. The van der Waals surface area contributed by atoms with Gasteiger partial charge in [0.05, 0.1) is 0 Å². The predicted molar refractivity (Wildman–Crippen MR) is 86.5 cm³/mol. The van der Waals surface area contributed by atoms with Crippen LogP contribution in [0.3, 0.4) is 0 Å². The molecule has 0 bridgehead atoms. The van der Waals surface area contributed by atoms with Crippen LogP contribution in [0, 0.1) is 11.3 Å². The Hall–Kier alpha value is -1.11. The van der Waals surface area contributed by atoms with Gasteiger partial charge in [-0.15, -0.1) is 0 Å². The maximum atomic E-state index is 12.1. The summed E-state index contributed by atoms with van der Waals surface area (Å²) in [7, 11) is 1.68. The van der Waals surface area contributed by atoms with E-state index in [1.54, 1.807) is 7.11 Å². The van der Waals surface area contributed by atoms with Crippen LogP contribution < -0.4 is 26.9 Å². The van der Waals surface area contributed by atoms with Crippen LogP contribution in [0.15, 0.2) is 22.9 Å². The summed E-state index contributed by atoms with van der Waals surface area (Å²) in [5.74, 6) is -0.532.